The molecule has 0 aliphatic carbocycles. The summed E-state index contributed by atoms with van der Waals surface area (Å²) in [5.74, 6) is 1.05. The third kappa shape index (κ3) is 2.90. The Morgan fingerprint density at radius 1 is 1.33 bits per heavy atom. The zero-order valence-corrected chi connectivity index (χ0v) is 13.6. The molecule has 1 aliphatic heterocycles. The number of aryl methyl sites for hydroxylation is 1. The van der Waals surface area contributed by atoms with Crippen molar-refractivity contribution >= 4 is 23.3 Å². The van der Waals surface area contributed by atoms with Crippen LogP contribution in [0.4, 0.5) is 11.5 Å². The molecule has 126 valence electrons. The van der Waals surface area contributed by atoms with Crippen molar-refractivity contribution in [1.29, 1.82) is 0 Å². The minimum absolute atomic E-state index is 0.0262. The van der Waals surface area contributed by atoms with Gasteiger partial charge in [-0.05, 0) is 19.1 Å². The summed E-state index contributed by atoms with van der Waals surface area (Å²) in [7, 11) is 3.06. The molecular formula is C16H18N4O4. The van der Waals surface area contributed by atoms with Crippen molar-refractivity contribution in [3.8, 4) is 11.5 Å². The number of ether oxygens (including phenoxy) is 2. The van der Waals surface area contributed by atoms with Gasteiger partial charge in [-0.25, -0.2) is 4.68 Å². The number of fused-ring (bicyclic) bond motifs is 1. The quantitative estimate of drug-likeness (QED) is 0.890. The average molecular weight is 330 g/mol. The molecule has 8 heteroatoms. The van der Waals surface area contributed by atoms with E-state index in [1.807, 2.05) is 0 Å². The second kappa shape index (κ2) is 6.23. The summed E-state index contributed by atoms with van der Waals surface area (Å²) in [6.45, 7) is 1.80. The number of nitrogens with zero attached hydrogens (tertiary/aromatic N) is 2. The minimum Gasteiger partial charge on any atom is -0.497 e. The van der Waals surface area contributed by atoms with Crippen LogP contribution in [0.3, 0.4) is 0 Å². The molecule has 1 aromatic carbocycles. The highest BCUT2D eigenvalue weighted by atomic mass is 16.5. The third-order valence-corrected chi connectivity index (χ3v) is 3.77. The van der Waals surface area contributed by atoms with E-state index in [2.05, 4.69) is 15.7 Å². The molecule has 8 nitrogen and oxygen atoms in total. The topological polar surface area (TPSA) is 94.5 Å². The number of carbonyl (C=O) groups is 2. The lowest BCUT2D eigenvalue weighted by molar-refractivity contribution is -0.125. The molecule has 24 heavy (non-hydrogen) atoms. The van der Waals surface area contributed by atoms with Gasteiger partial charge in [-0.3, -0.25) is 9.59 Å². The van der Waals surface area contributed by atoms with Gasteiger partial charge in [-0.15, -0.1) is 0 Å². The van der Waals surface area contributed by atoms with E-state index in [-0.39, 0.29) is 18.2 Å². The van der Waals surface area contributed by atoms with Crippen LogP contribution in [0.25, 0.3) is 0 Å². The Balaban J connectivity index is 1.86. The van der Waals surface area contributed by atoms with Crippen molar-refractivity contribution < 1.29 is 19.1 Å². The molecular weight excluding hydrogens is 312 g/mol. The average Bonchev–Trinajstić information content (AvgIpc) is 2.94. The summed E-state index contributed by atoms with van der Waals surface area (Å²) in [5, 5.41) is 9.79. The molecule has 2 N–H and O–H groups in total. The lowest BCUT2D eigenvalue weighted by Crippen LogP contribution is -2.35. The van der Waals surface area contributed by atoms with Gasteiger partial charge in [0.05, 0.1) is 32.0 Å². The normalized spacial score (nSPS) is 16.1. The standard InChI is InChI=1S/C16H18N4O4/c1-9-6-14-18-15(21)8-12(20(14)19-9)16(22)17-11-5-4-10(23-2)7-13(11)24-3/h4-7,12H,8H2,1-3H3,(H,17,22)(H,18,21). The van der Waals surface area contributed by atoms with Gasteiger partial charge in [0.25, 0.3) is 0 Å². The Labute approximate surface area is 138 Å². The number of benzene rings is 1. The number of hydrogen-bond acceptors (Lipinski definition) is 5. The van der Waals surface area contributed by atoms with Gasteiger partial charge < -0.3 is 20.1 Å². The molecule has 1 aliphatic rings. The zero-order chi connectivity index (χ0) is 17.3. The molecule has 0 bridgehead atoms. The van der Waals surface area contributed by atoms with Crippen LogP contribution in [-0.4, -0.2) is 35.8 Å². The second-order valence-corrected chi connectivity index (χ2v) is 5.44. The molecule has 1 aromatic heterocycles. The summed E-state index contributed by atoms with van der Waals surface area (Å²) in [6, 6.07) is 6.09. The van der Waals surface area contributed by atoms with E-state index in [4.69, 9.17) is 9.47 Å². The highest BCUT2D eigenvalue weighted by Gasteiger charge is 2.32. The summed E-state index contributed by atoms with van der Waals surface area (Å²) in [5.41, 5.74) is 1.23. The third-order valence-electron chi connectivity index (χ3n) is 3.77. The number of rotatable bonds is 4. The van der Waals surface area contributed by atoms with E-state index in [1.165, 1.54) is 11.8 Å². The van der Waals surface area contributed by atoms with E-state index >= 15 is 0 Å². The van der Waals surface area contributed by atoms with Crippen molar-refractivity contribution in [2.75, 3.05) is 24.9 Å². The maximum atomic E-state index is 12.7. The first-order valence-electron chi connectivity index (χ1n) is 7.40. The first-order valence-corrected chi connectivity index (χ1v) is 7.40. The van der Waals surface area contributed by atoms with Crippen molar-refractivity contribution in [2.45, 2.75) is 19.4 Å². The molecule has 0 fully saturated rings. The van der Waals surface area contributed by atoms with E-state index in [1.54, 1.807) is 38.3 Å². The van der Waals surface area contributed by atoms with Crippen molar-refractivity contribution in [2.24, 2.45) is 0 Å². The molecule has 0 saturated carbocycles. The number of anilines is 2. The fourth-order valence-corrected chi connectivity index (χ4v) is 2.63. The van der Waals surface area contributed by atoms with Crippen molar-refractivity contribution in [1.82, 2.24) is 9.78 Å². The first kappa shape index (κ1) is 15.9. The zero-order valence-electron chi connectivity index (χ0n) is 13.6. The molecule has 2 heterocycles. The van der Waals surface area contributed by atoms with Crippen molar-refractivity contribution in [3.05, 3.63) is 30.0 Å². The van der Waals surface area contributed by atoms with E-state index in [0.717, 1.165) is 5.69 Å². The lowest BCUT2D eigenvalue weighted by atomic mass is 10.1. The number of carbonyl (C=O) groups excluding carboxylic acids is 2. The Morgan fingerprint density at radius 3 is 2.83 bits per heavy atom. The molecule has 0 saturated heterocycles. The van der Waals surface area contributed by atoms with Crippen LogP contribution >= 0.6 is 0 Å². The summed E-state index contributed by atoms with van der Waals surface area (Å²) >= 11 is 0. The predicted octanol–water partition coefficient (Wildman–Crippen LogP) is 1.73. The van der Waals surface area contributed by atoms with E-state index in [0.29, 0.717) is 23.0 Å². The van der Waals surface area contributed by atoms with E-state index < -0.39 is 6.04 Å². The molecule has 1 unspecified atom stereocenters. The molecule has 2 amide bonds. The fraction of sp³-hybridized carbons (Fsp3) is 0.312. The van der Waals surface area contributed by atoms with Crippen LogP contribution in [0.2, 0.25) is 0 Å². The minimum atomic E-state index is -0.714. The van der Waals surface area contributed by atoms with Gasteiger partial charge >= 0.3 is 0 Å². The van der Waals surface area contributed by atoms with Gasteiger partial charge in [0.15, 0.2) is 0 Å². The van der Waals surface area contributed by atoms with Gasteiger partial charge in [0.1, 0.15) is 23.4 Å². The van der Waals surface area contributed by atoms with Crippen LogP contribution in [0, 0.1) is 6.92 Å². The Morgan fingerprint density at radius 2 is 2.12 bits per heavy atom. The van der Waals surface area contributed by atoms with E-state index in [9.17, 15) is 9.59 Å². The summed E-state index contributed by atoms with van der Waals surface area (Å²) in [6.07, 6.45) is 0.0262. The van der Waals surface area contributed by atoms with Crippen LogP contribution in [-0.2, 0) is 9.59 Å². The largest absolute Gasteiger partial charge is 0.497 e. The summed E-state index contributed by atoms with van der Waals surface area (Å²) in [4.78, 5) is 24.5. The first-order chi connectivity index (χ1) is 11.5. The molecule has 2 aromatic rings. The number of methoxy groups -OCH3 is 2. The number of aromatic nitrogens is 2. The second-order valence-electron chi connectivity index (χ2n) is 5.44. The maximum absolute atomic E-state index is 12.7. The Hall–Kier alpha value is -3.03. The highest BCUT2D eigenvalue weighted by molar-refractivity contribution is 6.01. The van der Waals surface area contributed by atoms with Gasteiger partial charge in [-0.1, -0.05) is 0 Å². The van der Waals surface area contributed by atoms with Gasteiger partial charge in [-0.2, -0.15) is 5.10 Å². The Bertz CT molecular complexity index is 799. The number of nitrogens with one attached hydrogen (secondary N) is 2. The molecule has 3 rings (SSSR count). The Kier molecular flexibility index (Phi) is 4.11. The number of amides is 2. The van der Waals surface area contributed by atoms with Crippen LogP contribution in [0.5, 0.6) is 11.5 Å². The smallest absolute Gasteiger partial charge is 0.249 e. The highest BCUT2D eigenvalue weighted by Crippen LogP contribution is 2.31. The summed E-state index contributed by atoms with van der Waals surface area (Å²) < 4.78 is 11.9. The predicted molar refractivity (Wildman–Crippen MR) is 87.4 cm³/mol. The maximum Gasteiger partial charge on any atom is 0.249 e. The molecule has 0 spiro atoms. The van der Waals surface area contributed by atoms with Gasteiger partial charge in [0.2, 0.25) is 11.8 Å². The van der Waals surface area contributed by atoms with Gasteiger partial charge in [0, 0.05) is 12.1 Å². The molecule has 1 atom stereocenters. The number of hydrogen-bond donors (Lipinski definition) is 2. The monoisotopic (exact) mass is 330 g/mol. The van der Waals surface area contributed by atoms with Crippen LogP contribution < -0.4 is 20.1 Å². The van der Waals surface area contributed by atoms with Crippen molar-refractivity contribution in [3.63, 3.8) is 0 Å². The fourth-order valence-electron chi connectivity index (χ4n) is 2.63. The van der Waals surface area contributed by atoms with Crippen LogP contribution in [0.1, 0.15) is 18.2 Å². The lowest BCUT2D eigenvalue weighted by Gasteiger charge is -2.24. The van der Waals surface area contributed by atoms with Crippen LogP contribution in [0.15, 0.2) is 24.3 Å². The molecule has 0 radical (unpaired) electrons. The SMILES string of the molecule is COc1ccc(NC(=O)C2CC(=O)Nc3cc(C)nn32)c(OC)c1.